The normalized spacial score (nSPS) is 15.7. The molecule has 0 fully saturated rings. The second-order valence-corrected chi connectivity index (χ2v) is 7.64. The topological polar surface area (TPSA) is 49.8 Å². The summed E-state index contributed by atoms with van der Waals surface area (Å²) in [7, 11) is 1.59. The summed E-state index contributed by atoms with van der Waals surface area (Å²) in [6.45, 7) is 9.38. The molecular formula is C22H25F3N4O. The van der Waals surface area contributed by atoms with Gasteiger partial charge in [0.2, 0.25) is 0 Å². The molecule has 8 heteroatoms. The van der Waals surface area contributed by atoms with Gasteiger partial charge in [-0.25, -0.2) is 4.98 Å². The third-order valence-electron chi connectivity index (χ3n) is 5.12. The maximum absolute atomic E-state index is 12.6. The van der Waals surface area contributed by atoms with Gasteiger partial charge >= 0.3 is 6.18 Å². The number of pyridine rings is 1. The van der Waals surface area contributed by atoms with Crippen molar-refractivity contribution in [2.45, 2.75) is 39.4 Å². The molecule has 2 heterocycles. The van der Waals surface area contributed by atoms with Gasteiger partial charge in [0.25, 0.3) is 0 Å². The summed E-state index contributed by atoms with van der Waals surface area (Å²) in [5, 5.41) is 4.12. The molecule has 1 aromatic carbocycles. The van der Waals surface area contributed by atoms with Crippen LogP contribution in [0.1, 0.15) is 44.4 Å². The number of fused-ring (bicyclic) bond motifs is 1. The molecule has 1 aliphatic heterocycles. The summed E-state index contributed by atoms with van der Waals surface area (Å²) in [5.41, 5.74) is 5.83. The molecule has 1 aliphatic rings. The largest absolute Gasteiger partial charge is 0.496 e. The van der Waals surface area contributed by atoms with E-state index in [4.69, 9.17) is 4.74 Å². The highest BCUT2D eigenvalue weighted by Crippen LogP contribution is 2.41. The minimum atomic E-state index is -4.42. The predicted octanol–water partition coefficient (Wildman–Crippen LogP) is 5.58. The lowest BCUT2D eigenvalue weighted by Gasteiger charge is -2.43. The smallest absolute Gasteiger partial charge is 0.417 e. The first-order chi connectivity index (χ1) is 14.1. The lowest BCUT2D eigenvalue weighted by Crippen LogP contribution is -2.44. The third-order valence-corrected chi connectivity index (χ3v) is 5.12. The van der Waals surface area contributed by atoms with Crippen LogP contribution in [0.25, 0.3) is 5.57 Å². The maximum Gasteiger partial charge on any atom is 0.417 e. The van der Waals surface area contributed by atoms with Crippen LogP contribution in [0.5, 0.6) is 5.75 Å². The fourth-order valence-electron chi connectivity index (χ4n) is 3.77. The first-order valence-corrected chi connectivity index (χ1v) is 9.58. The number of rotatable bonds is 5. The molecule has 0 saturated heterocycles. The second-order valence-electron chi connectivity index (χ2n) is 7.64. The Morgan fingerprint density at radius 3 is 2.57 bits per heavy atom. The number of likely N-dealkylation sites (N-methyl/N-ethyl adjacent to an activating group) is 1. The monoisotopic (exact) mass is 418 g/mol. The number of benzene rings is 1. The summed E-state index contributed by atoms with van der Waals surface area (Å²) in [6.07, 6.45) is 0.155. The molecule has 5 nitrogen and oxygen atoms in total. The van der Waals surface area contributed by atoms with Gasteiger partial charge in [-0.05, 0) is 51.5 Å². The van der Waals surface area contributed by atoms with Crippen molar-refractivity contribution in [2.24, 2.45) is 5.10 Å². The highest BCUT2D eigenvalue weighted by molar-refractivity contribution is 5.91. The number of hydrogen-bond donors (Lipinski definition) is 1. The molecule has 0 spiro atoms. The Labute approximate surface area is 174 Å². The molecule has 1 N–H and O–H groups in total. The Hall–Kier alpha value is -3.03. The van der Waals surface area contributed by atoms with Gasteiger partial charge in [0.05, 0.1) is 24.4 Å². The van der Waals surface area contributed by atoms with E-state index in [1.165, 1.54) is 6.07 Å². The summed E-state index contributed by atoms with van der Waals surface area (Å²) in [6, 6.07) is 6.19. The van der Waals surface area contributed by atoms with Gasteiger partial charge in [0, 0.05) is 35.6 Å². The minimum Gasteiger partial charge on any atom is -0.496 e. The van der Waals surface area contributed by atoms with Crippen LogP contribution < -0.4 is 15.1 Å². The van der Waals surface area contributed by atoms with E-state index >= 15 is 0 Å². The fourth-order valence-corrected chi connectivity index (χ4v) is 3.77. The summed E-state index contributed by atoms with van der Waals surface area (Å²) < 4.78 is 43.5. The van der Waals surface area contributed by atoms with E-state index in [0.717, 1.165) is 41.2 Å². The van der Waals surface area contributed by atoms with Crippen molar-refractivity contribution >= 4 is 23.3 Å². The molecular weight excluding hydrogens is 393 g/mol. The van der Waals surface area contributed by atoms with E-state index in [1.54, 1.807) is 13.3 Å². The van der Waals surface area contributed by atoms with Gasteiger partial charge in [-0.1, -0.05) is 6.08 Å². The SMILES string of the molecule is CCN1c2cc(OC)c(/C=N/Nc3ccc(C(F)(F)F)cn3)cc2C(C)=CC1(C)C. The van der Waals surface area contributed by atoms with Gasteiger partial charge in [-0.3, -0.25) is 5.43 Å². The number of hydrogen-bond acceptors (Lipinski definition) is 5. The molecule has 1 aromatic heterocycles. The number of nitrogens with one attached hydrogen (secondary N) is 1. The number of anilines is 2. The molecule has 0 bridgehead atoms. The van der Waals surface area contributed by atoms with Gasteiger partial charge in [-0.15, -0.1) is 0 Å². The third kappa shape index (κ3) is 4.27. The molecule has 0 amide bonds. The number of alkyl halides is 3. The lowest BCUT2D eigenvalue weighted by atomic mass is 9.88. The maximum atomic E-state index is 12.6. The number of hydrazone groups is 1. The second kappa shape index (κ2) is 8.01. The van der Waals surface area contributed by atoms with Crippen LogP contribution in [0.2, 0.25) is 0 Å². The first-order valence-electron chi connectivity index (χ1n) is 9.58. The Morgan fingerprint density at radius 1 is 1.27 bits per heavy atom. The van der Waals surface area contributed by atoms with Crippen LogP contribution in [0.3, 0.4) is 0 Å². The molecule has 0 atom stereocenters. The molecule has 0 radical (unpaired) electrons. The summed E-state index contributed by atoms with van der Waals surface area (Å²) in [5.74, 6) is 0.870. The molecule has 160 valence electrons. The van der Waals surface area contributed by atoms with Crippen LogP contribution in [-0.4, -0.2) is 30.4 Å². The molecule has 0 unspecified atom stereocenters. The summed E-state index contributed by atoms with van der Waals surface area (Å²) in [4.78, 5) is 6.05. The highest BCUT2D eigenvalue weighted by Gasteiger charge is 2.31. The van der Waals surface area contributed by atoms with Crippen molar-refractivity contribution in [3.8, 4) is 5.75 Å². The zero-order valence-corrected chi connectivity index (χ0v) is 17.6. The number of methoxy groups -OCH3 is 1. The van der Waals surface area contributed by atoms with Crippen molar-refractivity contribution in [1.82, 2.24) is 4.98 Å². The number of aromatic nitrogens is 1. The average Bonchev–Trinajstić information content (AvgIpc) is 2.67. The van der Waals surface area contributed by atoms with Gasteiger partial charge < -0.3 is 9.64 Å². The number of nitrogens with zero attached hydrogens (tertiary/aromatic N) is 3. The molecule has 30 heavy (non-hydrogen) atoms. The Balaban J connectivity index is 1.87. The van der Waals surface area contributed by atoms with Crippen LogP contribution in [0.15, 0.2) is 41.6 Å². The number of halogens is 3. The van der Waals surface area contributed by atoms with Crippen molar-refractivity contribution in [3.05, 3.63) is 53.2 Å². The van der Waals surface area contributed by atoms with E-state index in [9.17, 15) is 13.2 Å². The quantitative estimate of drug-likeness (QED) is 0.509. The molecule has 0 aliphatic carbocycles. The van der Waals surface area contributed by atoms with Crippen LogP contribution in [0, 0.1) is 0 Å². The fraction of sp³-hybridized carbons (Fsp3) is 0.364. The molecule has 0 saturated carbocycles. The van der Waals surface area contributed by atoms with Gasteiger partial charge in [0.15, 0.2) is 0 Å². The van der Waals surface area contributed by atoms with Crippen LogP contribution in [0.4, 0.5) is 24.7 Å². The Bertz CT molecular complexity index is 979. The molecule has 3 rings (SSSR count). The lowest BCUT2D eigenvalue weighted by molar-refractivity contribution is -0.137. The van der Waals surface area contributed by atoms with E-state index < -0.39 is 11.7 Å². The average molecular weight is 418 g/mol. The Morgan fingerprint density at radius 2 is 2.00 bits per heavy atom. The number of allylic oxidation sites excluding steroid dienone is 1. The van der Waals surface area contributed by atoms with E-state index in [0.29, 0.717) is 5.75 Å². The van der Waals surface area contributed by atoms with Crippen LogP contribution >= 0.6 is 0 Å². The van der Waals surface area contributed by atoms with Crippen LogP contribution in [-0.2, 0) is 6.18 Å². The molecule has 2 aromatic rings. The zero-order valence-electron chi connectivity index (χ0n) is 17.6. The summed E-state index contributed by atoms with van der Waals surface area (Å²) >= 11 is 0. The van der Waals surface area contributed by atoms with Crippen molar-refractivity contribution in [2.75, 3.05) is 24.0 Å². The van der Waals surface area contributed by atoms with E-state index in [1.807, 2.05) is 12.1 Å². The highest BCUT2D eigenvalue weighted by atomic mass is 19.4. The van der Waals surface area contributed by atoms with Gasteiger partial charge in [-0.2, -0.15) is 18.3 Å². The first kappa shape index (κ1) is 21.7. The minimum absolute atomic E-state index is 0.109. The van der Waals surface area contributed by atoms with Crippen molar-refractivity contribution in [3.63, 3.8) is 0 Å². The Kier molecular flexibility index (Phi) is 5.78. The standard InChI is InChI=1S/C22H25F3N4O/c1-6-29-18-10-19(30-5)15(9-17(18)14(2)11-21(29,3)4)12-27-28-20-8-7-16(13-26-20)22(23,24)25/h7-13H,6H2,1-5H3,(H,26,28)/b27-12+. The number of ether oxygens (including phenoxy) is 1. The van der Waals surface area contributed by atoms with Crippen molar-refractivity contribution in [1.29, 1.82) is 0 Å². The van der Waals surface area contributed by atoms with Crippen molar-refractivity contribution < 1.29 is 17.9 Å². The van der Waals surface area contributed by atoms with E-state index in [-0.39, 0.29) is 11.4 Å². The predicted molar refractivity (Wildman–Crippen MR) is 114 cm³/mol. The zero-order chi connectivity index (χ0) is 22.1. The van der Waals surface area contributed by atoms with Gasteiger partial charge in [0.1, 0.15) is 11.6 Å². The van der Waals surface area contributed by atoms with E-state index in [2.05, 4.69) is 54.2 Å².